The number of halogens is 3. The standard InChI is InChI=1S/C18H29N3O2.C2HF3O2/c1-19(2)18(22)13-20-10-16(7-9-23-14-15-5-6-15)11-21-8-3-4-17(21)12-20;3-2(4,5)1(6)7/h3-4,8,15-16H,5-7,9-14H2,1-2H3;(H,6,7). The van der Waals surface area contributed by atoms with Gasteiger partial charge in [-0.25, -0.2) is 4.79 Å². The number of carbonyl (C=O) groups is 2. The van der Waals surface area contributed by atoms with Crippen LogP contribution in [0.25, 0.3) is 0 Å². The van der Waals surface area contributed by atoms with Crippen LogP contribution >= 0.6 is 0 Å². The number of likely N-dealkylation sites (N-methyl/N-ethyl adjacent to an activating group) is 1. The topological polar surface area (TPSA) is 75.0 Å². The first-order chi connectivity index (χ1) is 14.1. The summed E-state index contributed by atoms with van der Waals surface area (Å²) < 4.78 is 39.9. The molecule has 0 aromatic carbocycles. The van der Waals surface area contributed by atoms with Gasteiger partial charge in [-0.3, -0.25) is 9.69 Å². The normalized spacial score (nSPS) is 19.3. The molecule has 1 amide bonds. The highest BCUT2D eigenvalue weighted by molar-refractivity contribution is 5.77. The van der Waals surface area contributed by atoms with Crippen molar-refractivity contribution >= 4 is 11.9 Å². The van der Waals surface area contributed by atoms with Crippen molar-refractivity contribution in [2.24, 2.45) is 11.8 Å². The van der Waals surface area contributed by atoms with E-state index in [9.17, 15) is 18.0 Å². The number of rotatable bonds is 7. The van der Waals surface area contributed by atoms with Gasteiger partial charge in [-0.05, 0) is 43.2 Å². The quantitative estimate of drug-likeness (QED) is 0.669. The smallest absolute Gasteiger partial charge is 0.475 e. The van der Waals surface area contributed by atoms with Crippen LogP contribution in [0.4, 0.5) is 13.2 Å². The van der Waals surface area contributed by atoms with Crippen molar-refractivity contribution in [1.29, 1.82) is 0 Å². The number of ether oxygens (including phenoxy) is 1. The number of amides is 1. The summed E-state index contributed by atoms with van der Waals surface area (Å²) in [5, 5.41) is 7.12. The van der Waals surface area contributed by atoms with Crippen LogP contribution < -0.4 is 0 Å². The summed E-state index contributed by atoms with van der Waals surface area (Å²) in [6.45, 7) is 5.12. The largest absolute Gasteiger partial charge is 0.490 e. The molecule has 0 radical (unpaired) electrons. The summed E-state index contributed by atoms with van der Waals surface area (Å²) >= 11 is 0. The monoisotopic (exact) mass is 433 g/mol. The molecule has 1 aliphatic carbocycles. The van der Waals surface area contributed by atoms with Gasteiger partial charge in [0.25, 0.3) is 0 Å². The van der Waals surface area contributed by atoms with Crippen molar-refractivity contribution in [2.45, 2.75) is 38.5 Å². The fourth-order valence-corrected chi connectivity index (χ4v) is 3.19. The Balaban J connectivity index is 0.000000396. The van der Waals surface area contributed by atoms with E-state index in [-0.39, 0.29) is 5.91 Å². The number of aliphatic carboxylic acids is 1. The molecule has 1 atom stereocenters. The molecular weight excluding hydrogens is 403 g/mol. The van der Waals surface area contributed by atoms with Crippen LogP contribution in [-0.4, -0.2) is 77.9 Å². The zero-order valence-corrected chi connectivity index (χ0v) is 17.4. The molecule has 1 N–H and O–H groups in total. The van der Waals surface area contributed by atoms with Crippen molar-refractivity contribution in [2.75, 3.05) is 40.4 Å². The minimum Gasteiger partial charge on any atom is -0.475 e. The van der Waals surface area contributed by atoms with E-state index in [0.717, 1.165) is 45.2 Å². The molecule has 0 saturated heterocycles. The summed E-state index contributed by atoms with van der Waals surface area (Å²) in [5.74, 6) is -1.21. The van der Waals surface area contributed by atoms with E-state index < -0.39 is 12.1 Å². The molecule has 1 aromatic rings. The van der Waals surface area contributed by atoms with Gasteiger partial charge in [0.1, 0.15) is 0 Å². The average molecular weight is 433 g/mol. The third-order valence-electron chi connectivity index (χ3n) is 5.10. The van der Waals surface area contributed by atoms with Crippen molar-refractivity contribution in [3.63, 3.8) is 0 Å². The fraction of sp³-hybridized carbons (Fsp3) is 0.700. The van der Waals surface area contributed by atoms with Gasteiger partial charge in [-0.15, -0.1) is 0 Å². The third kappa shape index (κ3) is 8.35. The first-order valence-corrected chi connectivity index (χ1v) is 10.0. The predicted molar refractivity (Wildman–Crippen MR) is 104 cm³/mol. The number of hydrogen-bond donors (Lipinski definition) is 1. The van der Waals surface area contributed by atoms with Crippen molar-refractivity contribution in [3.05, 3.63) is 24.0 Å². The van der Waals surface area contributed by atoms with Crippen molar-refractivity contribution in [3.8, 4) is 0 Å². The molecule has 7 nitrogen and oxygen atoms in total. The number of carboxylic acids is 1. The highest BCUT2D eigenvalue weighted by Gasteiger charge is 2.38. The third-order valence-corrected chi connectivity index (χ3v) is 5.10. The Morgan fingerprint density at radius 2 is 1.90 bits per heavy atom. The second kappa shape index (κ2) is 10.8. The van der Waals surface area contributed by atoms with Gasteiger partial charge in [-0.1, -0.05) is 0 Å². The lowest BCUT2D eigenvalue weighted by molar-refractivity contribution is -0.192. The molecule has 3 rings (SSSR count). The van der Waals surface area contributed by atoms with Crippen LogP contribution in [-0.2, 0) is 27.4 Å². The number of alkyl halides is 3. The Hall–Kier alpha value is -2.07. The fourth-order valence-electron chi connectivity index (χ4n) is 3.19. The summed E-state index contributed by atoms with van der Waals surface area (Å²) in [4.78, 5) is 24.9. The molecule has 170 valence electrons. The summed E-state index contributed by atoms with van der Waals surface area (Å²) in [6.07, 6.45) is 0.828. The lowest BCUT2D eigenvalue weighted by atomic mass is 10.1. The van der Waals surface area contributed by atoms with Crippen LogP contribution in [0.3, 0.4) is 0 Å². The number of nitrogens with zero attached hydrogens (tertiary/aromatic N) is 3. The second-order valence-electron chi connectivity index (χ2n) is 8.09. The van der Waals surface area contributed by atoms with Crippen LogP contribution in [0.5, 0.6) is 0 Å². The molecule has 2 heterocycles. The average Bonchev–Trinajstić information content (AvgIpc) is 3.40. The minimum absolute atomic E-state index is 0.175. The maximum atomic E-state index is 12.1. The summed E-state index contributed by atoms with van der Waals surface area (Å²) in [5.41, 5.74) is 1.30. The number of aromatic nitrogens is 1. The van der Waals surface area contributed by atoms with Crippen LogP contribution in [0, 0.1) is 11.8 Å². The number of carbonyl (C=O) groups excluding carboxylic acids is 1. The minimum atomic E-state index is -5.08. The maximum Gasteiger partial charge on any atom is 0.490 e. The molecule has 30 heavy (non-hydrogen) atoms. The van der Waals surface area contributed by atoms with Gasteiger partial charge >= 0.3 is 12.1 Å². The Bertz CT molecular complexity index is 702. The number of hydrogen-bond acceptors (Lipinski definition) is 4. The molecule has 0 spiro atoms. The van der Waals surface area contributed by atoms with Crippen molar-refractivity contribution < 1.29 is 32.6 Å². The maximum absolute atomic E-state index is 12.1. The van der Waals surface area contributed by atoms with Gasteiger partial charge < -0.3 is 19.3 Å². The van der Waals surface area contributed by atoms with E-state index in [1.165, 1.54) is 18.5 Å². The summed E-state index contributed by atoms with van der Waals surface area (Å²) in [6, 6.07) is 4.27. The van der Waals surface area contributed by atoms with Gasteiger partial charge in [-0.2, -0.15) is 13.2 Å². The van der Waals surface area contributed by atoms with Gasteiger partial charge in [0.05, 0.1) is 6.54 Å². The van der Waals surface area contributed by atoms with Gasteiger partial charge in [0, 0.05) is 58.8 Å². The number of fused-ring (bicyclic) bond motifs is 1. The Morgan fingerprint density at radius 1 is 1.23 bits per heavy atom. The zero-order valence-electron chi connectivity index (χ0n) is 17.4. The van der Waals surface area contributed by atoms with E-state index in [1.807, 2.05) is 14.1 Å². The molecule has 1 unspecified atom stereocenters. The predicted octanol–water partition coefficient (Wildman–Crippen LogP) is 2.46. The van der Waals surface area contributed by atoms with Crippen LogP contribution in [0.15, 0.2) is 18.3 Å². The van der Waals surface area contributed by atoms with E-state index in [0.29, 0.717) is 12.5 Å². The van der Waals surface area contributed by atoms with Gasteiger partial charge in [0.15, 0.2) is 0 Å². The second-order valence-corrected chi connectivity index (χ2v) is 8.09. The molecular formula is C20H30F3N3O4. The first kappa shape index (κ1) is 24.2. The number of carboxylic acid groups (broad SMARTS) is 1. The first-order valence-electron chi connectivity index (χ1n) is 10.0. The van der Waals surface area contributed by atoms with Crippen molar-refractivity contribution in [1.82, 2.24) is 14.4 Å². The Morgan fingerprint density at radius 3 is 2.47 bits per heavy atom. The van der Waals surface area contributed by atoms with E-state index in [1.54, 1.807) is 4.90 Å². The molecule has 2 aliphatic rings. The Labute approximate surface area is 174 Å². The Kier molecular flexibility index (Phi) is 8.72. The molecule has 1 fully saturated rings. The van der Waals surface area contributed by atoms with Crippen LogP contribution in [0.1, 0.15) is 25.0 Å². The molecule has 1 aliphatic heterocycles. The van der Waals surface area contributed by atoms with E-state index >= 15 is 0 Å². The lowest BCUT2D eigenvalue weighted by Crippen LogP contribution is -2.38. The lowest BCUT2D eigenvalue weighted by Gasteiger charge is -2.24. The molecule has 1 saturated carbocycles. The highest BCUT2D eigenvalue weighted by Crippen LogP contribution is 2.29. The molecule has 0 bridgehead atoms. The van der Waals surface area contributed by atoms with Crippen LogP contribution in [0.2, 0.25) is 0 Å². The van der Waals surface area contributed by atoms with Gasteiger partial charge in [0.2, 0.25) is 5.91 Å². The molecule has 10 heteroatoms. The zero-order chi connectivity index (χ0) is 22.3. The highest BCUT2D eigenvalue weighted by atomic mass is 19.4. The SMILES string of the molecule is CN(C)C(=O)CN1Cc2cccn2CC(CCOCC2CC2)C1.O=C(O)C(F)(F)F. The molecule has 1 aromatic heterocycles. The van der Waals surface area contributed by atoms with E-state index in [4.69, 9.17) is 14.6 Å². The van der Waals surface area contributed by atoms with E-state index in [2.05, 4.69) is 27.8 Å². The summed E-state index contributed by atoms with van der Waals surface area (Å²) in [7, 11) is 3.65.